The van der Waals surface area contributed by atoms with Crippen LogP contribution >= 0.6 is 0 Å². The second kappa shape index (κ2) is 6.12. The van der Waals surface area contributed by atoms with Crippen molar-refractivity contribution in [3.63, 3.8) is 0 Å². The van der Waals surface area contributed by atoms with Crippen LogP contribution in [0.5, 0.6) is 0 Å². The van der Waals surface area contributed by atoms with Crippen LogP contribution in [0.15, 0.2) is 12.7 Å². The standard InChI is InChI=1S/C12H16N2O5/c1-2-6-12(7-4-3-5-8(15)16)9(17)13-11(19)14-10(12)18/h2H,1,3-7H2,(H,15,16)(H2,13,14,17,18,19). The van der Waals surface area contributed by atoms with Crippen LogP contribution in [0.4, 0.5) is 4.79 Å². The molecule has 7 nitrogen and oxygen atoms in total. The average Bonchev–Trinajstić information content (AvgIpc) is 2.30. The van der Waals surface area contributed by atoms with Crippen LogP contribution in [0, 0.1) is 5.41 Å². The van der Waals surface area contributed by atoms with Crippen molar-refractivity contribution in [2.24, 2.45) is 5.41 Å². The summed E-state index contributed by atoms with van der Waals surface area (Å²) >= 11 is 0. The van der Waals surface area contributed by atoms with E-state index in [9.17, 15) is 19.2 Å². The Bertz CT molecular complexity index is 410. The molecule has 1 aliphatic heterocycles. The summed E-state index contributed by atoms with van der Waals surface area (Å²) in [7, 11) is 0. The lowest BCUT2D eigenvalue weighted by Gasteiger charge is -2.33. The van der Waals surface area contributed by atoms with Gasteiger partial charge in [0.25, 0.3) is 0 Å². The highest BCUT2D eigenvalue weighted by molar-refractivity contribution is 6.19. The van der Waals surface area contributed by atoms with Crippen LogP contribution < -0.4 is 10.6 Å². The first-order chi connectivity index (χ1) is 8.92. The Hall–Kier alpha value is -2.18. The van der Waals surface area contributed by atoms with Crippen molar-refractivity contribution in [1.29, 1.82) is 0 Å². The molecule has 1 rings (SSSR count). The molecule has 3 N–H and O–H groups in total. The van der Waals surface area contributed by atoms with Crippen molar-refractivity contribution < 1.29 is 24.3 Å². The van der Waals surface area contributed by atoms with Gasteiger partial charge in [0.15, 0.2) is 0 Å². The number of amides is 4. The first-order valence-electron chi connectivity index (χ1n) is 5.92. The zero-order valence-corrected chi connectivity index (χ0v) is 10.4. The molecule has 0 aliphatic carbocycles. The monoisotopic (exact) mass is 268 g/mol. The zero-order chi connectivity index (χ0) is 14.5. The van der Waals surface area contributed by atoms with E-state index in [1.807, 2.05) is 0 Å². The minimum Gasteiger partial charge on any atom is -0.481 e. The van der Waals surface area contributed by atoms with Gasteiger partial charge in [0.1, 0.15) is 5.41 Å². The van der Waals surface area contributed by atoms with Gasteiger partial charge in [0.05, 0.1) is 0 Å². The number of unbranched alkanes of at least 4 members (excludes halogenated alkanes) is 1. The number of aliphatic carboxylic acids is 1. The van der Waals surface area contributed by atoms with Crippen LogP contribution in [0.3, 0.4) is 0 Å². The van der Waals surface area contributed by atoms with Crippen molar-refractivity contribution in [2.75, 3.05) is 0 Å². The number of urea groups is 1. The summed E-state index contributed by atoms with van der Waals surface area (Å²) < 4.78 is 0. The Morgan fingerprint density at radius 1 is 1.21 bits per heavy atom. The van der Waals surface area contributed by atoms with Gasteiger partial charge in [-0.05, 0) is 19.3 Å². The molecule has 0 saturated carbocycles. The molecule has 0 aromatic carbocycles. The first-order valence-corrected chi connectivity index (χ1v) is 5.92. The molecule has 0 unspecified atom stereocenters. The van der Waals surface area contributed by atoms with Gasteiger partial charge < -0.3 is 5.11 Å². The third-order valence-electron chi connectivity index (χ3n) is 3.06. The van der Waals surface area contributed by atoms with E-state index in [4.69, 9.17) is 5.11 Å². The van der Waals surface area contributed by atoms with Gasteiger partial charge >= 0.3 is 12.0 Å². The van der Waals surface area contributed by atoms with Crippen molar-refractivity contribution in [3.8, 4) is 0 Å². The third kappa shape index (κ3) is 3.40. The maximum Gasteiger partial charge on any atom is 0.328 e. The number of hydrogen-bond donors (Lipinski definition) is 3. The second-order valence-electron chi connectivity index (χ2n) is 4.41. The summed E-state index contributed by atoms with van der Waals surface area (Å²) in [5.74, 6) is -2.24. The van der Waals surface area contributed by atoms with Crippen molar-refractivity contribution in [1.82, 2.24) is 10.6 Å². The van der Waals surface area contributed by atoms with E-state index in [1.165, 1.54) is 6.08 Å². The van der Waals surface area contributed by atoms with Crippen LogP contribution in [0.2, 0.25) is 0 Å². The van der Waals surface area contributed by atoms with E-state index in [1.54, 1.807) is 0 Å². The van der Waals surface area contributed by atoms with Gasteiger partial charge in [0, 0.05) is 6.42 Å². The third-order valence-corrected chi connectivity index (χ3v) is 3.06. The molecular weight excluding hydrogens is 252 g/mol. The fourth-order valence-corrected chi connectivity index (χ4v) is 2.04. The van der Waals surface area contributed by atoms with E-state index in [-0.39, 0.29) is 19.3 Å². The Kier molecular flexibility index (Phi) is 4.80. The number of carbonyl (C=O) groups excluding carboxylic acids is 3. The molecule has 1 fully saturated rings. The minimum atomic E-state index is -1.37. The van der Waals surface area contributed by atoms with Gasteiger partial charge in [0.2, 0.25) is 11.8 Å². The average molecular weight is 268 g/mol. The van der Waals surface area contributed by atoms with E-state index in [0.29, 0.717) is 12.8 Å². The number of imide groups is 2. The summed E-state index contributed by atoms with van der Waals surface area (Å²) in [5.41, 5.74) is -1.37. The molecule has 1 heterocycles. The Balaban J connectivity index is 2.75. The number of carboxylic acid groups (broad SMARTS) is 1. The lowest BCUT2D eigenvalue weighted by Crippen LogP contribution is -2.62. The topological polar surface area (TPSA) is 113 Å². The molecule has 0 bridgehead atoms. The predicted octanol–water partition coefficient (Wildman–Crippen LogP) is 0.560. The fraction of sp³-hybridized carbons (Fsp3) is 0.500. The molecule has 0 aromatic heterocycles. The fourth-order valence-electron chi connectivity index (χ4n) is 2.04. The van der Waals surface area contributed by atoms with Gasteiger partial charge in [-0.25, -0.2) is 4.79 Å². The number of allylic oxidation sites excluding steroid dienone is 1. The minimum absolute atomic E-state index is 0.0215. The molecule has 0 atom stereocenters. The summed E-state index contributed by atoms with van der Waals surface area (Å²) in [6, 6.07) is -0.833. The van der Waals surface area contributed by atoms with Crippen molar-refractivity contribution in [3.05, 3.63) is 12.7 Å². The normalized spacial score (nSPS) is 17.6. The lowest BCUT2D eigenvalue weighted by atomic mass is 9.76. The number of rotatable bonds is 7. The highest BCUT2D eigenvalue weighted by Crippen LogP contribution is 2.32. The summed E-state index contributed by atoms with van der Waals surface area (Å²) in [4.78, 5) is 45.2. The maximum absolute atomic E-state index is 11.9. The van der Waals surface area contributed by atoms with Crippen LogP contribution in [0.1, 0.15) is 32.1 Å². The number of carbonyl (C=O) groups is 4. The molecule has 7 heteroatoms. The van der Waals surface area contributed by atoms with Gasteiger partial charge in [-0.1, -0.05) is 12.5 Å². The van der Waals surface area contributed by atoms with Gasteiger partial charge in [-0.3, -0.25) is 25.0 Å². The summed E-state index contributed by atoms with van der Waals surface area (Å²) in [6.07, 6.45) is 2.46. The van der Waals surface area contributed by atoms with Gasteiger partial charge in [-0.15, -0.1) is 6.58 Å². The summed E-state index contributed by atoms with van der Waals surface area (Å²) in [5, 5.41) is 12.7. The first kappa shape index (κ1) is 14.9. The highest BCUT2D eigenvalue weighted by Gasteiger charge is 2.48. The maximum atomic E-state index is 11.9. The highest BCUT2D eigenvalue weighted by atomic mass is 16.4. The van der Waals surface area contributed by atoms with Crippen LogP contribution in [-0.2, 0) is 14.4 Å². The molecule has 0 radical (unpaired) electrons. The SMILES string of the molecule is C=CCC1(CCCCC(=O)O)C(=O)NC(=O)NC1=O. The van der Waals surface area contributed by atoms with Crippen LogP contribution in [-0.4, -0.2) is 28.9 Å². The summed E-state index contributed by atoms with van der Waals surface area (Å²) in [6.45, 7) is 3.51. The molecule has 104 valence electrons. The van der Waals surface area contributed by atoms with E-state index in [2.05, 4.69) is 17.2 Å². The predicted molar refractivity (Wildman–Crippen MR) is 65.0 cm³/mol. The molecule has 1 saturated heterocycles. The molecular formula is C12H16N2O5. The van der Waals surface area contributed by atoms with E-state index < -0.39 is 29.2 Å². The number of nitrogens with one attached hydrogen (secondary N) is 2. The molecule has 4 amide bonds. The molecule has 1 aliphatic rings. The van der Waals surface area contributed by atoms with Crippen LogP contribution in [0.25, 0.3) is 0 Å². The largest absolute Gasteiger partial charge is 0.481 e. The van der Waals surface area contributed by atoms with Crippen molar-refractivity contribution in [2.45, 2.75) is 32.1 Å². The Morgan fingerprint density at radius 3 is 2.26 bits per heavy atom. The quantitative estimate of drug-likeness (QED) is 0.355. The molecule has 19 heavy (non-hydrogen) atoms. The van der Waals surface area contributed by atoms with E-state index >= 15 is 0 Å². The molecule has 0 aromatic rings. The smallest absolute Gasteiger partial charge is 0.328 e. The zero-order valence-electron chi connectivity index (χ0n) is 10.4. The Morgan fingerprint density at radius 2 is 1.79 bits per heavy atom. The lowest BCUT2D eigenvalue weighted by molar-refractivity contribution is -0.144. The number of barbiturate groups is 1. The number of carboxylic acids is 1. The van der Waals surface area contributed by atoms with Gasteiger partial charge in [-0.2, -0.15) is 0 Å². The Labute approximate surface area is 110 Å². The van der Waals surface area contributed by atoms with E-state index in [0.717, 1.165) is 0 Å². The number of hydrogen-bond acceptors (Lipinski definition) is 4. The molecule has 0 spiro atoms. The second-order valence-corrected chi connectivity index (χ2v) is 4.41. The van der Waals surface area contributed by atoms with Crippen molar-refractivity contribution >= 4 is 23.8 Å².